The molecule has 0 unspecified atom stereocenters. The Labute approximate surface area is 100 Å². The van der Waals surface area contributed by atoms with Crippen molar-refractivity contribution in [2.75, 3.05) is 14.2 Å². The summed E-state index contributed by atoms with van der Waals surface area (Å²) in [5.41, 5.74) is -2.48. The van der Waals surface area contributed by atoms with E-state index in [0.29, 0.717) is 19.3 Å². The maximum atomic E-state index is 12.4. The number of esters is 2. The van der Waals surface area contributed by atoms with Crippen molar-refractivity contribution in [3.63, 3.8) is 0 Å². The van der Waals surface area contributed by atoms with Crippen LogP contribution in [0.25, 0.3) is 0 Å². The average molecular weight is 242 g/mol. The molecule has 0 spiro atoms. The number of hydrogen-bond donors (Lipinski definition) is 0. The fourth-order valence-corrected chi connectivity index (χ4v) is 2.47. The van der Waals surface area contributed by atoms with Gasteiger partial charge in [0.15, 0.2) is 5.78 Å². The first-order valence-corrected chi connectivity index (χ1v) is 5.54. The van der Waals surface area contributed by atoms with Gasteiger partial charge in [-0.05, 0) is 26.7 Å². The molecule has 0 N–H and O–H groups in total. The summed E-state index contributed by atoms with van der Waals surface area (Å²) in [5.74, 6) is -1.58. The van der Waals surface area contributed by atoms with E-state index in [2.05, 4.69) is 9.47 Å². The molecule has 17 heavy (non-hydrogen) atoms. The Morgan fingerprint density at radius 2 is 1.35 bits per heavy atom. The summed E-state index contributed by atoms with van der Waals surface area (Å²) >= 11 is 0. The van der Waals surface area contributed by atoms with Crippen LogP contribution >= 0.6 is 0 Å². The maximum absolute atomic E-state index is 12.4. The SMILES string of the molecule is COC(=O)[C@]1(C)CCC[C@](C)(C(=O)OC)C1=O. The predicted molar refractivity (Wildman–Crippen MR) is 59.1 cm³/mol. The first-order valence-electron chi connectivity index (χ1n) is 5.54. The minimum Gasteiger partial charge on any atom is -0.468 e. The molecule has 1 rings (SSSR count). The minimum absolute atomic E-state index is 0.407. The molecule has 1 aliphatic carbocycles. The second kappa shape index (κ2) is 4.47. The molecule has 0 saturated heterocycles. The second-order valence-corrected chi connectivity index (χ2v) is 4.83. The highest BCUT2D eigenvalue weighted by molar-refractivity contribution is 6.14. The van der Waals surface area contributed by atoms with Crippen molar-refractivity contribution >= 4 is 17.7 Å². The van der Waals surface area contributed by atoms with Crippen molar-refractivity contribution < 1.29 is 23.9 Å². The van der Waals surface area contributed by atoms with Gasteiger partial charge in [0.2, 0.25) is 0 Å². The Balaban J connectivity index is 3.13. The molecule has 0 aromatic rings. The van der Waals surface area contributed by atoms with Gasteiger partial charge in [0.25, 0.3) is 0 Å². The lowest BCUT2D eigenvalue weighted by Gasteiger charge is -2.38. The Morgan fingerprint density at radius 1 is 1.00 bits per heavy atom. The number of methoxy groups -OCH3 is 2. The second-order valence-electron chi connectivity index (χ2n) is 4.83. The van der Waals surface area contributed by atoms with Gasteiger partial charge >= 0.3 is 11.9 Å². The first kappa shape index (κ1) is 13.7. The van der Waals surface area contributed by atoms with Crippen LogP contribution in [0.15, 0.2) is 0 Å². The highest BCUT2D eigenvalue weighted by Crippen LogP contribution is 2.44. The Kier molecular flexibility index (Phi) is 3.59. The number of ketones is 1. The van der Waals surface area contributed by atoms with Gasteiger partial charge in [0.05, 0.1) is 14.2 Å². The number of carbonyl (C=O) groups excluding carboxylic acids is 3. The number of carbonyl (C=O) groups is 3. The van der Waals surface area contributed by atoms with Crippen molar-refractivity contribution in [3.05, 3.63) is 0 Å². The highest BCUT2D eigenvalue weighted by atomic mass is 16.5. The van der Waals surface area contributed by atoms with E-state index in [4.69, 9.17) is 0 Å². The molecule has 0 aliphatic heterocycles. The van der Waals surface area contributed by atoms with Gasteiger partial charge in [-0.3, -0.25) is 14.4 Å². The molecule has 0 heterocycles. The van der Waals surface area contributed by atoms with Crippen LogP contribution in [0.3, 0.4) is 0 Å². The van der Waals surface area contributed by atoms with Crippen molar-refractivity contribution in [1.82, 2.24) is 0 Å². The normalized spacial score (nSPS) is 33.1. The van der Waals surface area contributed by atoms with Gasteiger partial charge in [-0.1, -0.05) is 6.42 Å². The molecule has 1 saturated carbocycles. The molecule has 0 aromatic heterocycles. The number of rotatable bonds is 2. The van der Waals surface area contributed by atoms with Gasteiger partial charge < -0.3 is 9.47 Å². The number of Topliss-reactive ketones (excluding diaryl/α,β-unsaturated/α-hetero) is 1. The van der Waals surface area contributed by atoms with Crippen molar-refractivity contribution in [2.24, 2.45) is 10.8 Å². The molecule has 0 amide bonds. The van der Waals surface area contributed by atoms with Crippen LogP contribution in [0.5, 0.6) is 0 Å². The van der Waals surface area contributed by atoms with Crippen LogP contribution in [-0.4, -0.2) is 31.9 Å². The third kappa shape index (κ3) is 1.94. The summed E-state index contributed by atoms with van der Waals surface area (Å²) in [7, 11) is 2.48. The fraction of sp³-hybridized carbons (Fsp3) is 0.750. The van der Waals surface area contributed by atoms with E-state index in [1.54, 1.807) is 0 Å². The summed E-state index contributed by atoms with van der Waals surface area (Å²) < 4.78 is 9.32. The van der Waals surface area contributed by atoms with Crippen LogP contribution in [0.2, 0.25) is 0 Å². The Bertz CT molecular complexity index is 330. The van der Waals surface area contributed by atoms with E-state index in [0.717, 1.165) is 0 Å². The number of ether oxygens (including phenoxy) is 2. The summed E-state index contributed by atoms with van der Waals surface area (Å²) in [4.78, 5) is 35.8. The van der Waals surface area contributed by atoms with Crippen molar-refractivity contribution in [2.45, 2.75) is 33.1 Å². The van der Waals surface area contributed by atoms with Crippen LogP contribution in [0, 0.1) is 10.8 Å². The average Bonchev–Trinajstić information content (AvgIpc) is 2.33. The predicted octanol–water partition coefficient (Wildman–Crippen LogP) is 1.10. The van der Waals surface area contributed by atoms with Gasteiger partial charge in [-0.25, -0.2) is 0 Å². The lowest BCUT2D eigenvalue weighted by Crippen LogP contribution is -2.52. The zero-order chi connectivity index (χ0) is 13.3. The molecule has 0 radical (unpaired) electrons. The quantitative estimate of drug-likeness (QED) is 0.535. The molecule has 1 aliphatic rings. The van der Waals surface area contributed by atoms with Crippen LogP contribution < -0.4 is 0 Å². The fourth-order valence-electron chi connectivity index (χ4n) is 2.47. The monoisotopic (exact) mass is 242 g/mol. The highest BCUT2D eigenvalue weighted by Gasteiger charge is 2.57. The van der Waals surface area contributed by atoms with E-state index in [9.17, 15) is 14.4 Å². The van der Waals surface area contributed by atoms with Gasteiger partial charge in [-0.2, -0.15) is 0 Å². The number of hydrogen-bond acceptors (Lipinski definition) is 5. The standard InChI is InChI=1S/C12H18O5/c1-11(9(14)16-3)6-5-7-12(2,8(11)13)10(15)17-4/h5-7H2,1-4H3/t11-,12+. The zero-order valence-corrected chi connectivity index (χ0v) is 10.7. The van der Waals surface area contributed by atoms with Crippen LogP contribution in [0.4, 0.5) is 0 Å². The van der Waals surface area contributed by atoms with E-state index < -0.39 is 28.6 Å². The summed E-state index contributed by atoms with van der Waals surface area (Å²) in [6, 6.07) is 0. The van der Waals surface area contributed by atoms with E-state index in [1.165, 1.54) is 28.1 Å². The molecule has 0 aromatic carbocycles. The molecule has 96 valence electrons. The lowest BCUT2D eigenvalue weighted by atomic mass is 9.62. The molecule has 2 atom stereocenters. The molecule has 0 bridgehead atoms. The van der Waals surface area contributed by atoms with E-state index >= 15 is 0 Å². The summed E-state index contributed by atoms with van der Waals surface area (Å²) in [5, 5.41) is 0. The lowest BCUT2D eigenvalue weighted by molar-refractivity contribution is -0.171. The van der Waals surface area contributed by atoms with Crippen molar-refractivity contribution in [1.29, 1.82) is 0 Å². The topological polar surface area (TPSA) is 69.7 Å². The van der Waals surface area contributed by atoms with Crippen molar-refractivity contribution in [3.8, 4) is 0 Å². The largest absolute Gasteiger partial charge is 0.468 e. The minimum atomic E-state index is -1.24. The zero-order valence-electron chi connectivity index (χ0n) is 10.7. The third-order valence-corrected chi connectivity index (χ3v) is 3.63. The van der Waals surface area contributed by atoms with E-state index in [1.807, 2.05) is 0 Å². The maximum Gasteiger partial charge on any atom is 0.319 e. The first-order chi connectivity index (χ1) is 7.82. The van der Waals surface area contributed by atoms with Crippen LogP contribution in [-0.2, 0) is 23.9 Å². The van der Waals surface area contributed by atoms with Gasteiger partial charge in [0.1, 0.15) is 10.8 Å². The molecule has 5 nitrogen and oxygen atoms in total. The Morgan fingerprint density at radius 3 is 1.65 bits per heavy atom. The molecular weight excluding hydrogens is 224 g/mol. The van der Waals surface area contributed by atoms with Gasteiger partial charge in [0, 0.05) is 0 Å². The van der Waals surface area contributed by atoms with Crippen LogP contribution in [0.1, 0.15) is 33.1 Å². The molecule has 1 fully saturated rings. The van der Waals surface area contributed by atoms with Gasteiger partial charge in [-0.15, -0.1) is 0 Å². The smallest absolute Gasteiger partial charge is 0.319 e. The van der Waals surface area contributed by atoms with E-state index in [-0.39, 0.29) is 0 Å². The molecule has 5 heteroatoms. The molecular formula is C12H18O5. The Hall–Kier alpha value is -1.39. The summed E-state index contributed by atoms with van der Waals surface area (Å²) in [6.07, 6.45) is 1.43. The third-order valence-electron chi connectivity index (χ3n) is 3.63. The summed E-state index contributed by atoms with van der Waals surface area (Å²) in [6.45, 7) is 3.06.